The van der Waals surface area contributed by atoms with Crippen molar-refractivity contribution in [3.05, 3.63) is 12.7 Å². The maximum Gasteiger partial charge on any atom is 0.522 e. The van der Waals surface area contributed by atoms with Crippen molar-refractivity contribution in [1.29, 1.82) is 0 Å². The van der Waals surface area contributed by atoms with E-state index in [0.29, 0.717) is 6.54 Å². The number of nitrogens with one attached hydrogen (secondary N) is 1. The van der Waals surface area contributed by atoms with Crippen molar-refractivity contribution in [2.45, 2.75) is 49.3 Å². The maximum absolute atomic E-state index is 12.4. The highest BCUT2D eigenvalue weighted by atomic mass is 32.2. The van der Waals surface area contributed by atoms with Crippen LogP contribution in [0.15, 0.2) is 12.7 Å². The number of quaternary nitrogens is 1. The molecule has 2 rings (SSSR count). The predicted molar refractivity (Wildman–Crippen MR) is 79.5 cm³/mol. The molecule has 0 bridgehead atoms. The Morgan fingerprint density at radius 3 is 2.90 bits per heavy atom. The van der Waals surface area contributed by atoms with Crippen LogP contribution in [-0.2, 0) is 4.79 Å². The molecule has 0 radical (unpaired) electrons. The zero-order chi connectivity index (χ0) is 15.0. The smallest absolute Gasteiger partial charge is 0.435 e. The van der Waals surface area contributed by atoms with Gasteiger partial charge in [0, 0.05) is 0 Å². The molecule has 2 heterocycles. The summed E-state index contributed by atoms with van der Waals surface area (Å²) < 4.78 is -0.794. The van der Waals surface area contributed by atoms with Gasteiger partial charge >= 0.3 is 12.0 Å². The molecule has 2 amide bonds. The van der Waals surface area contributed by atoms with Crippen molar-refractivity contribution in [2.75, 3.05) is 13.1 Å². The monoisotopic (exact) mass is 299 g/mol. The number of unbranched alkanes of at least 4 members (excludes halogenated alkanes) is 2. The summed E-state index contributed by atoms with van der Waals surface area (Å²) in [6.45, 7) is 8.93. The Kier molecular flexibility index (Phi) is 4.27. The van der Waals surface area contributed by atoms with E-state index in [1.165, 1.54) is 0 Å². The van der Waals surface area contributed by atoms with Crippen molar-refractivity contribution in [3.8, 4) is 0 Å². The molecule has 3 unspecified atom stereocenters. The van der Waals surface area contributed by atoms with E-state index in [1.54, 1.807) is 17.8 Å². The molecule has 2 aliphatic heterocycles. The summed E-state index contributed by atoms with van der Waals surface area (Å²) in [6.07, 6.45) is 3.99. The van der Waals surface area contributed by atoms with E-state index in [-0.39, 0.29) is 22.1 Å². The molecule has 5 nitrogen and oxygen atoms in total. The molecule has 0 aliphatic carbocycles. The normalized spacial score (nSPS) is 39.2. The van der Waals surface area contributed by atoms with Gasteiger partial charge in [0.25, 0.3) is 0 Å². The number of amides is 2. The molecule has 0 aromatic carbocycles. The van der Waals surface area contributed by atoms with E-state index >= 15 is 0 Å². The number of hydrogen-bond donors (Lipinski definition) is 2. The lowest BCUT2D eigenvalue weighted by molar-refractivity contribution is -0.818. The van der Waals surface area contributed by atoms with Crippen LogP contribution in [0, 0.1) is 0 Å². The second-order valence-electron chi connectivity index (χ2n) is 5.81. The molecule has 0 spiro atoms. The minimum absolute atomic E-state index is 0.211. The summed E-state index contributed by atoms with van der Waals surface area (Å²) in [5.41, 5.74) is 0. The summed E-state index contributed by atoms with van der Waals surface area (Å²) in [4.78, 5) is 24.0. The van der Waals surface area contributed by atoms with Crippen LogP contribution in [0.4, 0.5) is 4.79 Å². The molecule has 112 valence electrons. The number of fused-ring (bicyclic) bond motifs is 1. The van der Waals surface area contributed by atoms with Gasteiger partial charge in [-0.3, -0.25) is 5.32 Å². The molecular formula is C14H23N2O3S+. The van der Waals surface area contributed by atoms with Crippen molar-refractivity contribution in [3.63, 3.8) is 0 Å². The molecule has 6 heteroatoms. The summed E-state index contributed by atoms with van der Waals surface area (Å²) in [6, 6.07) is -0.338. The Bertz CT molecular complexity index is 442. The highest BCUT2D eigenvalue weighted by Crippen LogP contribution is 2.53. The Morgan fingerprint density at radius 2 is 2.35 bits per heavy atom. The summed E-state index contributed by atoms with van der Waals surface area (Å²) in [5, 5.41) is 12.5. The molecule has 4 atom stereocenters. The van der Waals surface area contributed by atoms with E-state index in [2.05, 4.69) is 18.8 Å². The van der Waals surface area contributed by atoms with Crippen LogP contribution in [0.25, 0.3) is 0 Å². The SMILES string of the molecule is C=CC1(C)C[N+]2(C(=O)O)C(=O)C(NCCCCC)[C@@H]2S1. The number of carboxylic acid groups (broad SMARTS) is 1. The maximum atomic E-state index is 12.4. The van der Waals surface area contributed by atoms with Crippen LogP contribution in [-0.4, -0.2) is 50.8 Å². The molecule has 0 aromatic rings. The zero-order valence-electron chi connectivity index (χ0n) is 12.1. The molecule has 2 fully saturated rings. The second kappa shape index (κ2) is 5.50. The average Bonchev–Trinajstić information content (AvgIpc) is 2.70. The fourth-order valence-corrected chi connectivity index (χ4v) is 4.73. The number of thioether (sulfide) groups is 1. The molecule has 0 saturated carbocycles. The topological polar surface area (TPSA) is 66.4 Å². The van der Waals surface area contributed by atoms with Gasteiger partial charge in [-0.05, 0) is 19.9 Å². The van der Waals surface area contributed by atoms with Crippen molar-refractivity contribution >= 4 is 23.8 Å². The van der Waals surface area contributed by atoms with Gasteiger partial charge in [0.1, 0.15) is 6.54 Å². The van der Waals surface area contributed by atoms with Crippen molar-refractivity contribution in [1.82, 2.24) is 5.32 Å². The Morgan fingerprint density at radius 1 is 1.65 bits per heavy atom. The largest absolute Gasteiger partial charge is 0.522 e. The van der Waals surface area contributed by atoms with Crippen LogP contribution in [0.1, 0.15) is 33.1 Å². The average molecular weight is 299 g/mol. The van der Waals surface area contributed by atoms with Crippen molar-refractivity contribution < 1.29 is 19.2 Å². The van der Waals surface area contributed by atoms with Crippen LogP contribution < -0.4 is 5.32 Å². The van der Waals surface area contributed by atoms with Gasteiger partial charge in [-0.25, -0.2) is 4.79 Å². The number of carbonyl (C=O) groups excluding carboxylic acids is 1. The van der Waals surface area contributed by atoms with Gasteiger partial charge in [0.15, 0.2) is 11.4 Å². The lowest BCUT2D eigenvalue weighted by Crippen LogP contribution is -2.79. The van der Waals surface area contributed by atoms with Gasteiger partial charge in [0.2, 0.25) is 0 Å². The van der Waals surface area contributed by atoms with Crippen LogP contribution in [0.2, 0.25) is 0 Å². The third-order valence-corrected chi connectivity index (χ3v) is 5.96. The number of imide groups is 1. The van der Waals surface area contributed by atoms with E-state index < -0.39 is 10.6 Å². The first-order chi connectivity index (χ1) is 9.41. The molecule has 20 heavy (non-hydrogen) atoms. The third kappa shape index (κ3) is 2.19. The molecule has 2 aliphatic rings. The number of rotatable bonds is 6. The quantitative estimate of drug-likeness (QED) is 0.341. The summed E-state index contributed by atoms with van der Waals surface area (Å²) in [7, 11) is 0. The minimum Gasteiger partial charge on any atom is -0.435 e. The first kappa shape index (κ1) is 15.5. The number of carbonyl (C=O) groups is 2. The van der Waals surface area contributed by atoms with Gasteiger partial charge in [-0.2, -0.15) is 4.79 Å². The Hall–Kier alpha value is -0.850. The van der Waals surface area contributed by atoms with Gasteiger partial charge < -0.3 is 5.11 Å². The first-order valence-corrected chi connectivity index (χ1v) is 7.99. The van der Waals surface area contributed by atoms with E-state index in [0.717, 1.165) is 25.8 Å². The predicted octanol–water partition coefficient (Wildman–Crippen LogP) is 2.19. The molecular weight excluding hydrogens is 276 g/mol. The third-order valence-electron chi connectivity index (χ3n) is 4.25. The summed E-state index contributed by atoms with van der Waals surface area (Å²) >= 11 is 1.56. The van der Waals surface area contributed by atoms with Crippen molar-refractivity contribution in [2.24, 2.45) is 0 Å². The standard InChI is InChI=1S/C14H22N2O3S/c1-4-6-7-8-15-10-11(17)16(13(18)19)9-14(3,5-2)20-12(10)16/h5,10,12,15H,2,4,6-9H2,1,3H3/p+1/t10?,12-,14?,16?/m0/s1. The van der Waals surface area contributed by atoms with Gasteiger partial charge in [0.05, 0.1) is 4.75 Å². The molecule has 0 aromatic heterocycles. The number of β-lactam (4-membered cyclic amide) rings is 1. The minimum atomic E-state index is -1.04. The molecule has 2 N–H and O–H groups in total. The number of nitrogens with zero attached hydrogens (tertiary/aromatic N) is 1. The van der Waals surface area contributed by atoms with Gasteiger partial charge in [-0.1, -0.05) is 37.6 Å². The van der Waals surface area contributed by atoms with Gasteiger partial charge in [-0.15, -0.1) is 11.1 Å². The fourth-order valence-electron chi connectivity index (χ4n) is 3.01. The molecule has 2 saturated heterocycles. The second-order valence-corrected chi connectivity index (χ2v) is 7.46. The summed E-state index contributed by atoms with van der Waals surface area (Å²) in [5.74, 6) is -0.211. The first-order valence-electron chi connectivity index (χ1n) is 7.12. The van der Waals surface area contributed by atoms with E-state index in [4.69, 9.17) is 0 Å². The Balaban J connectivity index is 2.08. The van der Waals surface area contributed by atoms with Crippen LogP contribution in [0.5, 0.6) is 0 Å². The highest BCUT2D eigenvalue weighted by Gasteiger charge is 2.75. The fraction of sp³-hybridized carbons (Fsp3) is 0.714. The lowest BCUT2D eigenvalue weighted by Gasteiger charge is -2.44. The van der Waals surface area contributed by atoms with Crippen LogP contribution in [0.3, 0.4) is 0 Å². The number of hydrogen-bond acceptors (Lipinski definition) is 4. The van der Waals surface area contributed by atoms with E-state index in [9.17, 15) is 14.7 Å². The lowest BCUT2D eigenvalue weighted by atomic mass is 9.99. The highest BCUT2D eigenvalue weighted by molar-refractivity contribution is 8.01. The van der Waals surface area contributed by atoms with E-state index in [1.807, 2.05) is 6.92 Å². The Labute approximate surface area is 124 Å². The van der Waals surface area contributed by atoms with Crippen LogP contribution >= 0.6 is 11.8 Å². The zero-order valence-corrected chi connectivity index (χ0v) is 12.9.